The molecule has 0 bridgehead atoms. The Bertz CT molecular complexity index is 1220. The molecule has 31 heavy (non-hydrogen) atoms. The molecule has 1 aliphatic rings. The highest BCUT2D eigenvalue weighted by Crippen LogP contribution is 2.30. The molecule has 4 rings (SSSR count). The van der Waals surface area contributed by atoms with Crippen LogP contribution in [-0.4, -0.2) is 37.1 Å². The SMILES string of the molecule is O=S(=O)(c1ccc2ccccc2c1)N1CC(S)CC1CNCc1c(F)ccc(F)c1F. The molecule has 9 heteroatoms. The molecule has 1 fully saturated rings. The number of nitrogens with zero attached hydrogens (tertiary/aromatic N) is 1. The summed E-state index contributed by atoms with van der Waals surface area (Å²) in [5.41, 5.74) is -0.413. The van der Waals surface area contributed by atoms with Crippen molar-refractivity contribution in [1.82, 2.24) is 9.62 Å². The fourth-order valence-electron chi connectivity index (χ4n) is 3.90. The summed E-state index contributed by atoms with van der Waals surface area (Å²) in [4.78, 5) is 0.181. The first-order valence-electron chi connectivity index (χ1n) is 9.79. The maximum absolute atomic E-state index is 13.9. The molecule has 0 aliphatic carbocycles. The highest BCUT2D eigenvalue weighted by Gasteiger charge is 2.38. The molecule has 1 heterocycles. The average molecular weight is 467 g/mol. The second kappa shape index (κ2) is 8.82. The number of rotatable bonds is 6. The Morgan fingerprint density at radius 2 is 1.71 bits per heavy atom. The molecule has 4 nitrogen and oxygen atoms in total. The summed E-state index contributed by atoms with van der Waals surface area (Å²) in [5.74, 6) is -3.23. The van der Waals surface area contributed by atoms with Gasteiger partial charge in [0.05, 0.1) is 4.90 Å². The van der Waals surface area contributed by atoms with E-state index in [1.165, 1.54) is 4.31 Å². The quantitative estimate of drug-likeness (QED) is 0.425. The van der Waals surface area contributed by atoms with Gasteiger partial charge in [-0.1, -0.05) is 30.3 Å². The standard InChI is InChI=1S/C22H21F3N2O2S2/c23-20-7-8-21(24)22(25)19(20)12-26-11-16-10-17(30)13-27(16)31(28,29)18-6-5-14-3-1-2-4-15(14)9-18/h1-9,16-17,26,30H,10-13H2. The van der Waals surface area contributed by atoms with Crippen molar-refractivity contribution in [1.29, 1.82) is 0 Å². The Hall–Kier alpha value is -2.07. The minimum Gasteiger partial charge on any atom is -0.311 e. The zero-order valence-corrected chi connectivity index (χ0v) is 18.1. The van der Waals surface area contributed by atoms with E-state index in [2.05, 4.69) is 17.9 Å². The summed E-state index contributed by atoms with van der Waals surface area (Å²) < 4.78 is 69.1. The maximum Gasteiger partial charge on any atom is 0.243 e. The van der Waals surface area contributed by atoms with E-state index in [4.69, 9.17) is 0 Å². The summed E-state index contributed by atoms with van der Waals surface area (Å²) in [7, 11) is -3.79. The molecule has 0 amide bonds. The minimum atomic E-state index is -3.79. The van der Waals surface area contributed by atoms with Gasteiger partial charge < -0.3 is 5.32 Å². The molecule has 1 saturated heterocycles. The number of hydrogen-bond acceptors (Lipinski definition) is 4. The van der Waals surface area contributed by atoms with Crippen LogP contribution in [0.25, 0.3) is 10.8 Å². The predicted octanol–water partition coefficient (Wildman–Crippen LogP) is 4.11. The topological polar surface area (TPSA) is 49.4 Å². The second-order valence-electron chi connectivity index (χ2n) is 7.58. The predicted molar refractivity (Wildman–Crippen MR) is 117 cm³/mol. The summed E-state index contributed by atoms with van der Waals surface area (Å²) in [6, 6.07) is 13.6. The Morgan fingerprint density at radius 3 is 2.48 bits per heavy atom. The van der Waals surface area contributed by atoms with Gasteiger partial charge in [0.1, 0.15) is 5.82 Å². The third-order valence-corrected chi connectivity index (χ3v) is 7.78. The van der Waals surface area contributed by atoms with Crippen molar-refractivity contribution in [3.63, 3.8) is 0 Å². The normalized spacial score (nSPS) is 19.9. The van der Waals surface area contributed by atoms with Crippen molar-refractivity contribution in [2.45, 2.75) is 29.2 Å². The van der Waals surface area contributed by atoms with Crippen molar-refractivity contribution in [3.8, 4) is 0 Å². The van der Waals surface area contributed by atoms with Crippen LogP contribution in [0.2, 0.25) is 0 Å². The van der Waals surface area contributed by atoms with Crippen LogP contribution < -0.4 is 5.32 Å². The molecular weight excluding hydrogens is 445 g/mol. The minimum absolute atomic E-state index is 0.152. The smallest absolute Gasteiger partial charge is 0.243 e. The molecule has 3 aromatic rings. The molecule has 0 aromatic heterocycles. The molecular formula is C22H21F3N2O2S2. The third kappa shape index (κ3) is 4.45. The molecule has 0 saturated carbocycles. The largest absolute Gasteiger partial charge is 0.311 e. The molecule has 164 valence electrons. The van der Waals surface area contributed by atoms with Gasteiger partial charge in [0.2, 0.25) is 10.0 Å². The Kier molecular flexibility index (Phi) is 6.30. The van der Waals surface area contributed by atoms with E-state index in [1.54, 1.807) is 18.2 Å². The number of hydrogen-bond donors (Lipinski definition) is 2. The molecule has 2 atom stereocenters. The van der Waals surface area contributed by atoms with E-state index >= 15 is 0 Å². The first-order chi connectivity index (χ1) is 14.8. The maximum atomic E-state index is 13.9. The van der Waals surface area contributed by atoms with Crippen molar-refractivity contribution in [2.75, 3.05) is 13.1 Å². The molecule has 1 aliphatic heterocycles. The van der Waals surface area contributed by atoms with E-state index in [9.17, 15) is 21.6 Å². The summed E-state index contributed by atoms with van der Waals surface area (Å²) >= 11 is 4.45. The number of halogens is 3. The number of nitrogens with one attached hydrogen (secondary N) is 1. The van der Waals surface area contributed by atoms with Gasteiger partial charge in [-0.05, 0) is 41.5 Å². The third-order valence-electron chi connectivity index (χ3n) is 5.49. The Labute approximate surface area is 184 Å². The number of sulfonamides is 1. The van der Waals surface area contributed by atoms with Gasteiger partial charge in [-0.25, -0.2) is 21.6 Å². The number of fused-ring (bicyclic) bond motifs is 1. The van der Waals surface area contributed by atoms with Crippen LogP contribution in [0.1, 0.15) is 12.0 Å². The van der Waals surface area contributed by atoms with Crippen molar-refractivity contribution in [3.05, 3.63) is 77.6 Å². The van der Waals surface area contributed by atoms with Crippen molar-refractivity contribution >= 4 is 33.4 Å². The van der Waals surface area contributed by atoms with E-state index in [0.29, 0.717) is 6.42 Å². The van der Waals surface area contributed by atoms with Gasteiger partial charge in [-0.3, -0.25) is 0 Å². The molecule has 1 N–H and O–H groups in total. The van der Waals surface area contributed by atoms with Gasteiger partial charge >= 0.3 is 0 Å². The first kappa shape index (κ1) is 22.1. The van der Waals surface area contributed by atoms with E-state index in [1.807, 2.05) is 24.3 Å². The fraction of sp³-hybridized carbons (Fsp3) is 0.273. The van der Waals surface area contributed by atoms with Gasteiger partial charge in [0, 0.05) is 36.5 Å². The molecule has 0 radical (unpaired) electrons. The molecule has 0 spiro atoms. The van der Waals surface area contributed by atoms with E-state index in [-0.39, 0.29) is 29.8 Å². The molecule has 3 aromatic carbocycles. The Balaban J connectivity index is 1.52. The average Bonchev–Trinajstić information content (AvgIpc) is 3.14. The lowest BCUT2D eigenvalue weighted by atomic mass is 10.1. The van der Waals surface area contributed by atoms with Crippen LogP contribution in [0.3, 0.4) is 0 Å². The summed E-state index contributed by atoms with van der Waals surface area (Å²) in [6.07, 6.45) is 0.483. The van der Waals surface area contributed by atoms with Gasteiger partial charge in [-0.2, -0.15) is 16.9 Å². The van der Waals surface area contributed by atoms with Gasteiger partial charge in [0.15, 0.2) is 11.6 Å². The van der Waals surface area contributed by atoms with E-state index in [0.717, 1.165) is 22.9 Å². The van der Waals surface area contributed by atoms with Gasteiger partial charge in [0.25, 0.3) is 0 Å². The Morgan fingerprint density at radius 1 is 1.00 bits per heavy atom. The van der Waals surface area contributed by atoms with Crippen LogP contribution >= 0.6 is 12.6 Å². The van der Waals surface area contributed by atoms with Crippen LogP contribution in [0, 0.1) is 17.5 Å². The first-order valence-corrected chi connectivity index (χ1v) is 11.7. The lowest BCUT2D eigenvalue weighted by Crippen LogP contribution is -2.41. The summed E-state index contributed by atoms with van der Waals surface area (Å²) in [6.45, 7) is 0.125. The lowest BCUT2D eigenvalue weighted by molar-refractivity contribution is 0.368. The monoisotopic (exact) mass is 466 g/mol. The van der Waals surface area contributed by atoms with E-state index < -0.39 is 39.1 Å². The number of thiol groups is 1. The van der Waals surface area contributed by atoms with Crippen molar-refractivity contribution < 1.29 is 21.6 Å². The summed E-state index contributed by atoms with van der Waals surface area (Å²) in [5, 5.41) is 4.46. The van der Waals surface area contributed by atoms with Crippen LogP contribution in [0.15, 0.2) is 59.5 Å². The zero-order valence-electron chi connectivity index (χ0n) is 16.4. The lowest BCUT2D eigenvalue weighted by Gasteiger charge is -2.24. The highest BCUT2D eigenvalue weighted by molar-refractivity contribution is 7.89. The fourth-order valence-corrected chi connectivity index (χ4v) is 6.15. The second-order valence-corrected chi connectivity index (χ2v) is 10.2. The number of benzene rings is 3. The highest BCUT2D eigenvalue weighted by atomic mass is 32.2. The van der Waals surface area contributed by atoms with Crippen LogP contribution in [0.5, 0.6) is 0 Å². The van der Waals surface area contributed by atoms with Crippen molar-refractivity contribution in [2.24, 2.45) is 0 Å². The van der Waals surface area contributed by atoms with Crippen LogP contribution in [0.4, 0.5) is 13.2 Å². The zero-order chi connectivity index (χ0) is 22.2. The van der Waals surface area contributed by atoms with Crippen LogP contribution in [-0.2, 0) is 16.6 Å². The molecule has 2 unspecified atom stereocenters. The van der Waals surface area contributed by atoms with Gasteiger partial charge in [-0.15, -0.1) is 0 Å².